The molecule has 1 spiro atoms. The zero-order valence-electron chi connectivity index (χ0n) is 37.2. The first-order chi connectivity index (χ1) is 33.8. The molecular weight excluding hydrogens is 823 g/mol. The lowest BCUT2D eigenvalue weighted by Gasteiger charge is -2.33. The lowest BCUT2D eigenvalue weighted by atomic mass is 9.70. The lowest BCUT2D eigenvalue weighted by molar-refractivity contribution is 0.795. The van der Waals surface area contributed by atoms with Gasteiger partial charge in [0.1, 0.15) is 0 Å². The molecule has 12 aromatic rings. The Bertz CT molecular complexity index is 3870. The summed E-state index contributed by atoms with van der Waals surface area (Å²) in [6.07, 6.45) is 0. The summed E-state index contributed by atoms with van der Waals surface area (Å²) in [6, 6.07) is 96.2. The fourth-order valence-corrected chi connectivity index (χ4v) is 11.9. The number of hydrogen-bond acceptors (Lipinski definition) is 2. The van der Waals surface area contributed by atoms with Gasteiger partial charge in [-0.15, -0.1) is 0 Å². The molecule has 1 aromatic heterocycles. The summed E-state index contributed by atoms with van der Waals surface area (Å²) in [5.41, 5.74) is 19.8. The molecule has 0 N–H and O–H groups in total. The molecule has 0 saturated heterocycles. The molecule has 11 aromatic carbocycles. The average Bonchev–Trinajstić information content (AvgIpc) is 4.02. The van der Waals surface area contributed by atoms with E-state index in [0.717, 1.165) is 39.6 Å². The molecule has 3 nitrogen and oxygen atoms in total. The zero-order chi connectivity index (χ0) is 44.8. The van der Waals surface area contributed by atoms with Crippen molar-refractivity contribution in [3.05, 3.63) is 283 Å². The first-order valence-corrected chi connectivity index (χ1v) is 23.5. The van der Waals surface area contributed by atoms with Crippen LogP contribution in [0.2, 0.25) is 0 Å². The van der Waals surface area contributed by atoms with Crippen LogP contribution in [0.4, 0.5) is 34.1 Å². The normalized spacial score (nSPS) is 14.2. The summed E-state index contributed by atoms with van der Waals surface area (Å²) in [5.74, 6) is 0. The molecule has 1 atom stereocenters. The van der Waals surface area contributed by atoms with E-state index in [0.29, 0.717) is 0 Å². The Hall–Kier alpha value is -8.92. The summed E-state index contributed by atoms with van der Waals surface area (Å²) in [5, 5.41) is 4.86. The molecular formula is C65H43N3. The number of para-hydroxylation sites is 5. The van der Waals surface area contributed by atoms with E-state index in [1.165, 1.54) is 77.3 Å². The summed E-state index contributed by atoms with van der Waals surface area (Å²) < 4.78 is 2.42. The molecule has 2 aliphatic carbocycles. The molecule has 318 valence electrons. The fourth-order valence-electron chi connectivity index (χ4n) is 11.9. The quantitative estimate of drug-likeness (QED) is 0.158. The molecule has 2 aliphatic rings. The highest BCUT2D eigenvalue weighted by molar-refractivity contribution is 6.14. The zero-order valence-corrected chi connectivity index (χ0v) is 37.2. The van der Waals surface area contributed by atoms with Gasteiger partial charge in [0.25, 0.3) is 0 Å². The molecule has 0 radical (unpaired) electrons. The fraction of sp³-hybridized carbons (Fsp3) is 0.0154. The maximum absolute atomic E-state index is 2.54. The Morgan fingerprint density at radius 2 is 0.824 bits per heavy atom. The van der Waals surface area contributed by atoms with Gasteiger partial charge in [0.2, 0.25) is 0 Å². The molecule has 0 fully saturated rings. The van der Waals surface area contributed by atoms with Crippen molar-refractivity contribution >= 4 is 66.7 Å². The van der Waals surface area contributed by atoms with Crippen LogP contribution in [-0.4, -0.2) is 4.57 Å². The first-order valence-electron chi connectivity index (χ1n) is 23.5. The Morgan fingerprint density at radius 1 is 0.309 bits per heavy atom. The highest BCUT2D eigenvalue weighted by atomic mass is 15.2. The van der Waals surface area contributed by atoms with Gasteiger partial charge in [-0.25, -0.2) is 0 Å². The second kappa shape index (κ2) is 15.1. The van der Waals surface area contributed by atoms with Gasteiger partial charge in [0, 0.05) is 55.7 Å². The van der Waals surface area contributed by atoms with Crippen molar-refractivity contribution < 1.29 is 0 Å². The van der Waals surface area contributed by atoms with E-state index in [2.05, 4.69) is 275 Å². The van der Waals surface area contributed by atoms with Crippen LogP contribution in [0.15, 0.2) is 261 Å². The van der Waals surface area contributed by atoms with Gasteiger partial charge in [-0.2, -0.15) is 0 Å². The monoisotopic (exact) mass is 865 g/mol. The molecule has 14 rings (SSSR count). The van der Waals surface area contributed by atoms with Crippen molar-refractivity contribution in [2.75, 3.05) is 9.80 Å². The van der Waals surface area contributed by atoms with E-state index < -0.39 is 5.41 Å². The molecule has 68 heavy (non-hydrogen) atoms. The smallest absolute Gasteiger partial charge is 0.0727 e. The van der Waals surface area contributed by atoms with E-state index in [1.54, 1.807) is 0 Å². The second-order valence-corrected chi connectivity index (χ2v) is 18.0. The maximum atomic E-state index is 2.54. The molecule has 1 unspecified atom stereocenters. The SMILES string of the molecule is c1ccc(N(c2ccccc2)c2cccc3c2-c2ccccc2C32c3ccccc3-c3c2cc2ccccc2c3N(c2ccccc2)c2ccc3c4ccccc4n(-c4ccccc4)c3c2)cc1. The molecule has 1 heterocycles. The van der Waals surface area contributed by atoms with Gasteiger partial charge in [0.15, 0.2) is 0 Å². The van der Waals surface area contributed by atoms with Crippen LogP contribution in [0.1, 0.15) is 22.3 Å². The van der Waals surface area contributed by atoms with Crippen molar-refractivity contribution in [3.8, 4) is 27.9 Å². The minimum atomic E-state index is -0.613. The third kappa shape index (κ3) is 5.41. The van der Waals surface area contributed by atoms with Gasteiger partial charge in [-0.1, -0.05) is 182 Å². The Balaban J connectivity index is 1.10. The highest BCUT2D eigenvalue weighted by Gasteiger charge is 2.53. The van der Waals surface area contributed by atoms with Crippen molar-refractivity contribution in [1.82, 2.24) is 4.57 Å². The predicted molar refractivity (Wildman–Crippen MR) is 284 cm³/mol. The number of nitrogens with zero attached hydrogens (tertiary/aromatic N) is 3. The minimum Gasteiger partial charge on any atom is -0.310 e. The number of fused-ring (bicyclic) bond motifs is 14. The lowest BCUT2D eigenvalue weighted by Crippen LogP contribution is -2.26. The Labute approximate surface area is 395 Å². The van der Waals surface area contributed by atoms with E-state index in [4.69, 9.17) is 0 Å². The topological polar surface area (TPSA) is 11.4 Å². The summed E-state index contributed by atoms with van der Waals surface area (Å²) in [6.45, 7) is 0. The number of aromatic nitrogens is 1. The van der Waals surface area contributed by atoms with Crippen LogP contribution < -0.4 is 9.80 Å². The number of anilines is 6. The maximum Gasteiger partial charge on any atom is 0.0727 e. The van der Waals surface area contributed by atoms with E-state index in [9.17, 15) is 0 Å². The van der Waals surface area contributed by atoms with Crippen LogP contribution >= 0.6 is 0 Å². The van der Waals surface area contributed by atoms with Gasteiger partial charge >= 0.3 is 0 Å². The number of hydrogen-bond donors (Lipinski definition) is 0. The van der Waals surface area contributed by atoms with Crippen LogP contribution in [0.5, 0.6) is 0 Å². The van der Waals surface area contributed by atoms with Crippen molar-refractivity contribution in [2.24, 2.45) is 0 Å². The van der Waals surface area contributed by atoms with Crippen molar-refractivity contribution in [1.29, 1.82) is 0 Å². The van der Waals surface area contributed by atoms with Gasteiger partial charge in [-0.05, 0) is 118 Å². The summed E-state index contributed by atoms with van der Waals surface area (Å²) in [4.78, 5) is 4.97. The first kappa shape index (κ1) is 38.4. The predicted octanol–water partition coefficient (Wildman–Crippen LogP) is 17.2. The third-order valence-corrected chi connectivity index (χ3v) is 14.5. The molecule has 0 amide bonds. The van der Waals surface area contributed by atoms with Gasteiger partial charge in [-0.3, -0.25) is 0 Å². The minimum absolute atomic E-state index is 0.613. The third-order valence-electron chi connectivity index (χ3n) is 14.5. The van der Waals surface area contributed by atoms with E-state index in [1.807, 2.05) is 0 Å². The molecule has 0 bridgehead atoms. The van der Waals surface area contributed by atoms with Crippen LogP contribution in [0.3, 0.4) is 0 Å². The average molecular weight is 866 g/mol. The Kier molecular flexibility index (Phi) is 8.50. The van der Waals surface area contributed by atoms with Crippen molar-refractivity contribution in [3.63, 3.8) is 0 Å². The second-order valence-electron chi connectivity index (χ2n) is 18.0. The summed E-state index contributed by atoms with van der Waals surface area (Å²) in [7, 11) is 0. The Morgan fingerprint density at radius 3 is 1.50 bits per heavy atom. The van der Waals surface area contributed by atoms with Gasteiger partial charge < -0.3 is 14.4 Å². The van der Waals surface area contributed by atoms with Crippen molar-refractivity contribution in [2.45, 2.75) is 5.41 Å². The van der Waals surface area contributed by atoms with E-state index in [-0.39, 0.29) is 0 Å². The largest absolute Gasteiger partial charge is 0.310 e. The summed E-state index contributed by atoms with van der Waals surface area (Å²) >= 11 is 0. The van der Waals surface area contributed by atoms with Crippen LogP contribution in [0, 0.1) is 0 Å². The molecule has 0 saturated carbocycles. The molecule has 0 aliphatic heterocycles. The van der Waals surface area contributed by atoms with E-state index >= 15 is 0 Å². The molecule has 3 heteroatoms. The highest BCUT2D eigenvalue weighted by Crippen LogP contribution is 2.67. The number of benzene rings is 11. The van der Waals surface area contributed by atoms with Crippen LogP contribution in [-0.2, 0) is 5.41 Å². The standard InChI is InChI=1S/C65H43N3/c1-5-23-45(24-6-1)66(46-25-7-2-8-26-46)60-39-21-37-57-62(60)53-33-15-18-35-55(53)65(57)56-36-19-16-34-54(56)63-58(65)42-44-22-13-14-31-50(44)64(63)67(47-27-9-3-10-28-47)49-40-41-52-51-32-17-20-38-59(51)68(61(52)43-49)48-29-11-4-12-30-48/h1-43H. The van der Waals surface area contributed by atoms with Crippen LogP contribution in [0.25, 0.3) is 60.5 Å². The number of rotatable bonds is 7. The van der Waals surface area contributed by atoms with Gasteiger partial charge in [0.05, 0.1) is 27.8 Å².